The molecule has 0 saturated heterocycles. The summed E-state index contributed by atoms with van der Waals surface area (Å²) in [6.45, 7) is 3.33. The second-order valence-corrected chi connectivity index (χ2v) is 4.52. The van der Waals surface area contributed by atoms with Gasteiger partial charge in [-0.1, -0.05) is 36.1 Å². The first kappa shape index (κ1) is 16.9. The van der Waals surface area contributed by atoms with E-state index in [1.807, 2.05) is 0 Å². The van der Waals surface area contributed by atoms with Gasteiger partial charge in [-0.3, -0.25) is 0 Å². The van der Waals surface area contributed by atoms with Crippen LogP contribution in [0.5, 0.6) is 11.5 Å². The Kier molecular flexibility index (Phi) is 5.77. The topological polar surface area (TPSA) is 52.6 Å². The molecule has 2 aromatic rings. The summed E-state index contributed by atoms with van der Waals surface area (Å²) in [5.74, 6) is 9.19. The number of hydrogen-bond acceptors (Lipinski definition) is 4. The molecule has 0 radical (unpaired) electrons. The van der Waals surface area contributed by atoms with Crippen LogP contribution in [0, 0.1) is 23.7 Å². The normalized spacial score (nSPS) is 8.92. The average molecular weight is 318 g/mol. The zero-order valence-corrected chi connectivity index (χ0v) is 13.3. The van der Waals surface area contributed by atoms with Crippen LogP contribution in [0.15, 0.2) is 48.5 Å². The van der Waals surface area contributed by atoms with Gasteiger partial charge in [0.05, 0.1) is 11.1 Å². The van der Waals surface area contributed by atoms with E-state index in [1.165, 1.54) is 0 Å². The first-order valence-corrected chi connectivity index (χ1v) is 7.13. The van der Waals surface area contributed by atoms with E-state index >= 15 is 0 Å². The molecule has 0 fully saturated rings. The molecule has 118 valence electrons. The van der Waals surface area contributed by atoms with Gasteiger partial charge in [-0.2, -0.15) is 0 Å². The maximum atomic E-state index is 12.0. The molecule has 4 heteroatoms. The largest absolute Gasteiger partial charge is 0.423 e. The molecule has 0 spiro atoms. The first-order valence-electron chi connectivity index (χ1n) is 7.13. The van der Waals surface area contributed by atoms with Crippen molar-refractivity contribution in [1.29, 1.82) is 0 Å². The van der Waals surface area contributed by atoms with Gasteiger partial charge >= 0.3 is 11.9 Å². The second kappa shape index (κ2) is 8.22. The van der Waals surface area contributed by atoms with Gasteiger partial charge in [-0.25, -0.2) is 9.59 Å². The molecule has 2 rings (SSSR count). The predicted molar refractivity (Wildman–Crippen MR) is 89.3 cm³/mol. The average Bonchev–Trinajstić information content (AvgIpc) is 2.58. The summed E-state index contributed by atoms with van der Waals surface area (Å²) < 4.78 is 10.2. The Labute approximate surface area is 140 Å². The molecule has 0 aliphatic rings. The number of carbonyl (C=O) groups excluding carboxylic acids is 2. The Bertz CT molecular complexity index is 813. The Morgan fingerprint density at radius 1 is 0.708 bits per heavy atom. The van der Waals surface area contributed by atoms with Crippen LogP contribution in [-0.2, 0) is 9.59 Å². The molecular weight excluding hydrogens is 304 g/mol. The SMILES string of the molecule is CC#Cc1ccccc1OC(=O)C(=O)Oc1ccccc1C#CC. The summed E-state index contributed by atoms with van der Waals surface area (Å²) in [7, 11) is 0. The number of carbonyl (C=O) groups is 2. The highest BCUT2D eigenvalue weighted by molar-refractivity contribution is 6.31. The lowest BCUT2D eigenvalue weighted by Crippen LogP contribution is -2.26. The Morgan fingerprint density at radius 2 is 1.08 bits per heavy atom. The van der Waals surface area contributed by atoms with Crippen molar-refractivity contribution in [2.75, 3.05) is 0 Å². The minimum absolute atomic E-state index is 0.204. The highest BCUT2D eigenvalue weighted by Crippen LogP contribution is 2.19. The highest BCUT2D eigenvalue weighted by Gasteiger charge is 2.21. The number of ether oxygens (including phenoxy) is 2. The summed E-state index contributed by atoms with van der Waals surface area (Å²) in [5.41, 5.74) is 1.02. The molecule has 0 N–H and O–H groups in total. The third-order valence-electron chi connectivity index (χ3n) is 2.87. The summed E-state index contributed by atoms with van der Waals surface area (Å²) in [6.07, 6.45) is 0. The predicted octanol–water partition coefficient (Wildman–Crippen LogP) is 2.94. The zero-order valence-electron chi connectivity index (χ0n) is 13.3. The number of hydrogen-bond donors (Lipinski definition) is 0. The molecule has 4 nitrogen and oxygen atoms in total. The summed E-state index contributed by atoms with van der Waals surface area (Å²) in [5, 5.41) is 0. The fourth-order valence-corrected chi connectivity index (χ4v) is 1.87. The lowest BCUT2D eigenvalue weighted by atomic mass is 10.2. The van der Waals surface area contributed by atoms with Crippen molar-refractivity contribution in [3.63, 3.8) is 0 Å². The van der Waals surface area contributed by atoms with Crippen LogP contribution in [0.2, 0.25) is 0 Å². The van der Waals surface area contributed by atoms with Gasteiger partial charge in [0.2, 0.25) is 0 Å². The van der Waals surface area contributed by atoms with Gasteiger partial charge in [0.1, 0.15) is 11.5 Å². The molecule has 0 aliphatic carbocycles. The van der Waals surface area contributed by atoms with Crippen molar-refractivity contribution in [1.82, 2.24) is 0 Å². The Balaban J connectivity index is 2.15. The fourth-order valence-electron chi connectivity index (χ4n) is 1.87. The zero-order chi connectivity index (χ0) is 17.4. The monoisotopic (exact) mass is 318 g/mol. The van der Waals surface area contributed by atoms with Crippen LogP contribution in [0.3, 0.4) is 0 Å². The van der Waals surface area contributed by atoms with E-state index in [0.717, 1.165) is 0 Å². The van der Waals surface area contributed by atoms with Gasteiger partial charge in [0.25, 0.3) is 0 Å². The van der Waals surface area contributed by atoms with E-state index < -0.39 is 11.9 Å². The van der Waals surface area contributed by atoms with E-state index in [4.69, 9.17) is 9.47 Å². The summed E-state index contributed by atoms with van der Waals surface area (Å²) in [6, 6.07) is 13.4. The molecular formula is C20H14O4. The van der Waals surface area contributed by atoms with Crippen molar-refractivity contribution in [2.45, 2.75) is 13.8 Å². The number of para-hydroxylation sites is 2. The molecule has 0 heterocycles. The summed E-state index contributed by atoms with van der Waals surface area (Å²) in [4.78, 5) is 23.9. The van der Waals surface area contributed by atoms with E-state index in [0.29, 0.717) is 11.1 Å². The smallest absolute Gasteiger partial charge is 0.417 e. The minimum Gasteiger partial charge on any atom is -0.417 e. The quantitative estimate of drug-likeness (QED) is 0.370. The van der Waals surface area contributed by atoms with Crippen LogP contribution in [0.1, 0.15) is 25.0 Å². The molecule has 0 aliphatic heterocycles. The summed E-state index contributed by atoms with van der Waals surface area (Å²) >= 11 is 0. The molecule has 2 aromatic carbocycles. The van der Waals surface area contributed by atoms with Gasteiger partial charge in [-0.15, -0.1) is 11.8 Å². The van der Waals surface area contributed by atoms with E-state index in [-0.39, 0.29) is 11.5 Å². The maximum absolute atomic E-state index is 12.0. The molecule has 0 amide bonds. The maximum Gasteiger partial charge on any atom is 0.423 e. The van der Waals surface area contributed by atoms with Crippen molar-refractivity contribution in [2.24, 2.45) is 0 Å². The van der Waals surface area contributed by atoms with E-state index in [2.05, 4.69) is 23.7 Å². The molecule has 0 bridgehead atoms. The number of benzene rings is 2. The van der Waals surface area contributed by atoms with Crippen molar-refractivity contribution in [3.05, 3.63) is 59.7 Å². The van der Waals surface area contributed by atoms with E-state index in [9.17, 15) is 9.59 Å². The Hall–Kier alpha value is -3.50. The van der Waals surface area contributed by atoms with Gasteiger partial charge in [0, 0.05) is 0 Å². The lowest BCUT2D eigenvalue weighted by Gasteiger charge is -2.07. The van der Waals surface area contributed by atoms with Crippen molar-refractivity contribution in [3.8, 4) is 35.2 Å². The third-order valence-corrected chi connectivity index (χ3v) is 2.87. The third kappa shape index (κ3) is 4.25. The molecule has 0 atom stereocenters. The van der Waals surface area contributed by atoms with Gasteiger partial charge in [-0.05, 0) is 38.1 Å². The first-order chi connectivity index (χ1) is 11.7. The standard InChI is InChI=1S/C20H14O4/c1-3-9-15-11-5-7-13-17(15)23-19(21)20(22)24-18-14-8-6-12-16(18)10-4-2/h5-8,11-14H,1-2H3. The molecule has 0 unspecified atom stereocenters. The van der Waals surface area contributed by atoms with Gasteiger partial charge in [0.15, 0.2) is 0 Å². The van der Waals surface area contributed by atoms with Crippen molar-refractivity contribution >= 4 is 11.9 Å². The van der Waals surface area contributed by atoms with Gasteiger partial charge < -0.3 is 9.47 Å². The molecule has 24 heavy (non-hydrogen) atoms. The van der Waals surface area contributed by atoms with E-state index in [1.54, 1.807) is 62.4 Å². The van der Waals surface area contributed by atoms with Crippen molar-refractivity contribution < 1.29 is 19.1 Å². The highest BCUT2D eigenvalue weighted by atomic mass is 16.6. The van der Waals surface area contributed by atoms with Crippen LogP contribution >= 0.6 is 0 Å². The van der Waals surface area contributed by atoms with Crippen LogP contribution in [0.4, 0.5) is 0 Å². The molecule has 0 saturated carbocycles. The van der Waals surface area contributed by atoms with Crippen LogP contribution < -0.4 is 9.47 Å². The number of esters is 2. The lowest BCUT2D eigenvalue weighted by molar-refractivity contribution is -0.156. The number of rotatable bonds is 2. The minimum atomic E-state index is -1.13. The van der Waals surface area contributed by atoms with Crippen LogP contribution in [0.25, 0.3) is 0 Å². The molecule has 0 aromatic heterocycles. The Morgan fingerprint density at radius 3 is 1.46 bits per heavy atom. The van der Waals surface area contributed by atoms with Crippen LogP contribution in [-0.4, -0.2) is 11.9 Å². The second-order valence-electron chi connectivity index (χ2n) is 4.52. The fraction of sp³-hybridized carbons (Fsp3) is 0.100.